The highest BCUT2D eigenvalue weighted by atomic mass is 16.4. The zero-order valence-corrected chi connectivity index (χ0v) is 18.7. The summed E-state index contributed by atoms with van der Waals surface area (Å²) >= 11 is 0. The first-order chi connectivity index (χ1) is 17.0. The fraction of sp³-hybridized carbons (Fsp3) is 0.0714. The molecule has 0 aliphatic carbocycles. The highest BCUT2D eigenvalue weighted by molar-refractivity contribution is 6.23. The highest BCUT2D eigenvalue weighted by Gasteiger charge is 2.41. The second kappa shape index (κ2) is 8.76. The number of hydrogen-bond donors (Lipinski definition) is 1. The highest BCUT2D eigenvalue weighted by Crippen LogP contribution is 2.41. The van der Waals surface area contributed by atoms with Crippen LogP contribution in [0.3, 0.4) is 0 Å². The van der Waals surface area contributed by atoms with Gasteiger partial charge in [-0.1, -0.05) is 72.8 Å². The molecule has 1 N–H and O–H groups in total. The Balaban J connectivity index is 1.52. The summed E-state index contributed by atoms with van der Waals surface area (Å²) < 4.78 is 6.03. The summed E-state index contributed by atoms with van der Waals surface area (Å²) in [4.78, 5) is 39.7. The van der Waals surface area contributed by atoms with E-state index in [-0.39, 0.29) is 22.6 Å². The van der Waals surface area contributed by atoms with Crippen LogP contribution in [0.1, 0.15) is 33.2 Å². The Kier molecular flexibility index (Phi) is 5.47. The molecular weight excluding hydrogens is 442 g/mol. The molecule has 0 fully saturated rings. The number of anilines is 1. The largest absolute Gasteiger partial charge is 0.438 e. The van der Waals surface area contributed by atoms with Crippen molar-refractivity contribution in [2.45, 2.75) is 13.0 Å². The fourth-order valence-corrected chi connectivity index (χ4v) is 4.19. The Hall–Kier alpha value is -4.96. The van der Waals surface area contributed by atoms with E-state index < -0.39 is 23.8 Å². The van der Waals surface area contributed by atoms with Crippen LogP contribution in [0.5, 0.6) is 0 Å². The van der Waals surface area contributed by atoms with E-state index in [2.05, 4.69) is 11.4 Å². The molecule has 1 aromatic heterocycles. The first kappa shape index (κ1) is 21.9. The van der Waals surface area contributed by atoms with Crippen molar-refractivity contribution in [2.75, 3.05) is 5.32 Å². The Labute approximate surface area is 201 Å². The summed E-state index contributed by atoms with van der Waals surface area (Å²) in [6.45, 7) is 1.46. The van der Waals surface area contributed by atoms with E-state index in [1.807, 2.05) is 60.7 Å². The summed E-state index contributed by atoms with van der Waals surface area (Å²) in [5.74, 6) is -1.34. The molecule has 0 saturated carbocycles. The van der Waals surface area contributed by atoms with Gasteiger partial charge in [0.05, 0.1) is 11.1 Å². The Morgan fingerprint density at radius 2 is 1.37 bits per heavy atom. The summed E-state index contributed by atoms with van der Waals surface area (Å²) in [5.41, 5.74) is 2.69. The van der Waals surface area contributed by atoms with Gasteiger partial charge in [-0.05, 0) is 24.6 Å². The minimum absolute atomic E-state index is 0.0429. The first-order valence-electron chi connectivity index (χ1n) is 11.0. The van der Waals surface area contributed by atoms with E-state index in [9.17, 15) is 19.6 Å². The molecule has 3 aromatic carbocycles. The van der Waals surface area contributed by atoms with Crippen molar-refractivity contribution in [3.8, 4) is 28.5 Å². The predicted octanol–water partition coefficient (Wildman–Crippen LogP) is 5.11. The third kappa shape index (κ3) is 3.67. The van der Waals surface area contributed by atoms with Gasteiger partial charge in [0.25, 0.3) is 11.8 Å². The molecule has 2 heterocycles. The van der Waals surface area contributed by atoms with E-state index in [1.165, 1.54) is 6.92 Å². The topological polar surface area (TPSA) is 103 Å². The van der Waals surface area contributed by atoms with Crippen LogP contribution >= 0.6 is 0 Å². The predicted molar refractivity (Wildman–Crippen MR) is 129 cm³/mol. The van der Waals surface area contributed by atoms with Crippen molar-refractivity contribution in [3.05, 3.63) is 102 Å². The van der Waals surface area contributed by atoms with Gasteiger partial charge in [-0.15, -0.1) is 0 Å². The van der Waals surface area contributed by atoms with Crippen LogP contribution in [0.15, 0.2) is 89.3 Å². The van der Waals surface area contributed by atoms with Crippen molar-refractivity contribution in [2.24, 2.45) is 0 Å². The molecule has 0 radical (unpaired) electrons. The number of furan rings is 1. The SMILES string of the molecule is CC(C(=O)Nc1oc(-c2ccccc2)c(-c2ccccc2)c1C#N)N1C(=O)c2ccccc2C1=O. The van der Waals surface area contributed by atoms with Gasteiger partial charge in [0.1, 0.15) is 23.4 Å². The molecule has 7 heteroatoms. The monoisotopic (exact) mass is 461 g/mol. The molecule has 0 saturated heterocycles. The lowest BCUT2D eigenvalue weighted by molar-refractivity contribution is -0.119. The van der Waals surface area contributed by atoms with Crippen LogP contribution in [0.2, 0.25) is 0 Å². The molecule has 3 amide bonds. The van der Waals surface area contributed by atoms with E-state index in [4.69, 9.17) is 4.42 Å². The van der Waals surface area contributed by atoms with Crippen LogP contribution in [-0.2, 0) is 4.79 Å². The van der Waals surface area contributed by atoms with E-state index in [0.29, 0.717) is 11.3 Å². The maximum absolute atomic E-state index is 13.2. The van der Waals surface area contributed by atoms with E-state index >= 15 is 0 Å². The quantitative estimate of drug-likeness (QED) is 0.416. The first-order valence-corrected chi connectivity index (χ1v) is 11.0. The second-order valence-electron chi connectivity index (χ2n) is 8.05. The smallest absolute Gasteiger partial charge is 0.262 e. The van der Waals surface area contributed by atoms with Gasteiger partial charge >= 0.3 is 0 Å². The van der Waals surface area contributed by atoms with Crippen molar-refractivity contribution in [1.29, 1.82) is 5.26 Å². The number of amides is 3. The molecule has 4 aromatic rings. The minimum atomic E-state index is -1.13. The van der Waals surface area contributed by atoms with Crippen molar-refractivity contribution in [3.63, 3.8) is 0 Å². The number of hydrogen-bond acceptors (Lipinski definition) is 5. The third-order valence-electron chi connectivity index (χ3n) is 5.95. The fourth-order valence-electron chi connectivity index (χ4n) is 4.19. The van der Waals surface area contributed by atoms with Gasteiger partial charge < -0.3 is 4.42 Å². The molecular formula is C28H19N3O4. The maximum atomic E-state index is 13.2. The van der Waals surface area contributed by atoms with Crippen molar-refractivity contribution >= 4 is 23.6 Å². The maximum Gasteiger partial charge on any atom is 0.262 e. The molecule has 5 rings (SSSR count). The molecule has 1 atom stereocenters. The minimum Gasteiger partial charge on any atom is -0.438 e. The van der Waals surface area contributed by atoms with Crippen LogP contribution in [0.25, 0.3) is 22.5 Å². The number of carbonyl (C=O) groups is 3. The molecule has 0 bridgehead atoms. The number of benzene rings is 3. The van der Waals surface area contributed by atoms with Crippen LogP contribution in [0.4, 0.5) is 5.88 Å². The molecule has 1 aliphatic heterocycles. The zero-order valence-electron chi connectivity index (χ0n) is 18.7. The van der Waals surface area contributed by atoms with Crippen molar-refractivity contribution in [1.82, 2.24) is 4.90 Å². The van der Waals surface area contributed by atoms with E-state index in [1.54, 1.807) is 24.3 Å². The number of fused-ring (bicyclic) bond motifs is 1. The number of rotatable bonds is 5. The van der Waals surface area contributed by atoms with Crippen molar-refractivity contribution < 1.29 is 18.8 Å². The zero-order chi connectivity index (χ0) is 24.5. The van der Waals surface area contributed by atoms with Gasteiger partial charge in [-0.2, -0.15) is 5.26 Å². The van der Waals surface area contributed by atoms with Gasteiger partial charge in [-0.3, -0.25) is 24.6 Å². The second-order valence-corrected chi connectivity index (χ2v) is 8.05. The lowest BCUT2D eigenvalue weighted by atomic mass is 9.98. The number of carbonyl (C=O) groups excluding carboxylic acids is 3. The van der Waals surface area contributed by atoms with Gasteiger partial charge in [0.2, 0.25) is 11.8 Å². The number of nitrogens with zero attached hydrogens (tertiary/aromatic N) is 2. The molecule has 7 nitrogen and oxygen atoms in total. The average Bonchev–Trinajstić information content (AvgIpc) is 3.39. The van der Waals surface area contributed by atoms with E-state index in [0.717, 1.165) is 16.0 Å². The standard InChI is InChI=1S/C28H19N3O4/c1-17(31-27(33)20-14-8-9-15-21(20)28(31)34)25(32)30-26-22(16-29)23(18-10-4-2-5-11-18)24(35-26)19-12-6-3-7-13-19/h2-15,17H,1H3,(H,30,32). The average molecular weight is 461 g/mol. The Morgan fingerprint density at radius 1 is 0.857 bits per heavy atom. The summed E-state index contributed by atoms with van der Waals surface area (Å²) in [5, 5.41) is 12.6. The lowest BCUT2D eigenvalue weighted by Gasteiger charge is -2.21. The third-order valence-corrected chi connectivity index (χ3v) is 5.95. The van der Waals surface area contributed by atoms with Crippen LogP contribution in [-0.4, -0.2) is 28.7 Å². The number of nitrogens with one attached hydrogen (secondary N) is 1. The van der Waals surface area contributed by atoms with Gasteiger partial charge in [0.15, 0.2) is 0 Å². The lowest BCUT2D eigenvalue weighted by Crippen LogP contribution is -2.45. The molecule has 1 unspecified atom stereocenters. The summed E-state index contributed by atoms with van der Waals surface area (Å²) in [6.07, 6.45) is 0. The molecule has 1 aliphatic rings. The number of nitriles is 1. The number of imide groups is 1. The normalized spacial score (nSPS) is 13.3. The Morgan fingerprint density at radius 3 is 1.91 bits per heavy atom. The van der Waals surface area contributed by atoms with Crippen LogP contribution in [0, 0.1) is 11.3 Å². The Bertz CT molecular complexity index is 1470. The summed E-state index contributed by atoms with van der Waals surface area (Å²) in [7, 11) is 0. The van der Waals surface area contributed by atoms with Gasteiger partial charge in [0, 0.05) is 11.1 Å². The molecule has 0 spiro atoms. The molecule has 170 valence electrons. The summed E-state index contributed by atoms with van der Waals surface area (Å²) in [6, 6.07) is 26.0. The van der Waals surface area contributed by atoms with Gasteiger partial charge in [-0.25, -0.2) is 0 Å². The molecule has 35 heavy (non-hydrogen) atoms. The van der Waals surface area contributed by atoms with Crippen LogP contribution < -0.4 is 5.32 Å².